The molecule has 1 amide bonds. The number of hydrogen-bond donors (Lipinski definition) is 1. The van der Waals surface area contributed by atoms with Gasteiger partial charge >= 0.3 is 0 Å². The Bertz CT molecular complexity index is 388. The second-order valence-electron chi connectivity index (χ2n) is 4.82. The Morgan fingerprint density at radius 3 is 2.63 bits per heavy atom. The van der Waals surface area contributed by atoms with Crippen molar-refractivity contribution in [1.29, 1.82) is 0 Å². The number of amides is 1. The van der Waals surface area contributed by atoms with Crippen LogP contribution in [0.3, 0.4) is 0 Å². The molecule has 1 aromatic rings. The molecule has 1 aliphatic heterocycles. The van der Waals surface area contributed by atoms with Crippen molar-refractivity contribution >= 4 is 5.91 Å². The summed E-state index contributed by atoms with van der Waals surface area (Å²) < 4.78 is 5.05. The fraction of sp³-hybridized carbons (Fsp3) is 0.533. The van der Waals surface area contributed by atoms with Crippen molar-refractivity contribution in [3.63, 3.8) is 0 Å². The molecule has 1 aromatic carbocycles. The van der Waals surface area contributed by atoms with Gasteiger partial charge in [0.05, 0.1) is 6.61 Å². The zero-order valence-electron chi connectivity index (χ0n) is 11.5. The normalized spacial score (nSPS) is 16.6. The first-order valence-corrected chi connectivity index (χ1v) is 6.89. The van der Waals surface area contributed by atoms with Crippen LogP contribution in [0.25, 0.3) is 0 Å². The van der Waals surface area contributed by atoms with E-state index in [1.165, 1.54) is 0 Å². The van der Waals surface area contributed by atoms with Gasteiger partial charge in [0.2, 0.25) is 5.91 Å². The molecule has 1 atom stereocenters. The van der Waals surface area contributed by atoms with E-state index in [0.717, 1.165) is 31.5 Å². The van der Waals surface area contributed by atoms with E-state index in [1.807, 2.05) is 35.2 Å². The van der Waals surface area contributed by atoms with Gasteiger partial charge in [-0.25, -0.2) is 0 Å². The second kappa shape index (κ2) is 7.26. The molecule has 1 fully saturated rings. The van der Waals surface area contributed by atoms with Crippen LogP contribution in [0, 0.1) is 0 Å². The average molecular weight is 262 g/mol. The number of nitrogens with one attached hydrogen (secondary N) is 1. The molecule has 0 spiro atoms. The van der Waals surface area contributed by atoms with Gasteiger partial charge in [-0.2, -0.15) is 0 Å². The Morgan fingerprint density at radius 1 is 1.32 bits per heavy atom. The van der Waals surface area contributed by atoms with E-state index < -0.39 is 0 Å². The van der Waals surface area contributed by atoms with Crippen LogP contribution >= 0.6 is 0 Å². The predicted octanol–water partition coefficient (Wildman–Crippen LogP) is 1.59. The number of benzene rings is 1. The Kier molecular flexibility index (Phi) is 5.36. The quantitative estimate of drug-likeness (QED) is 0.792. The fourth-order valence-corrected chi connectivity index (χ4v) is 2.42. The SMILES string of the molecule is COCCNC(C(=O)N1CCCC1)c1ccccc1. The Morgan fingerprint density at radius 2 is 2.00 bits per heavy atom. The van der Waals surface area contributed by atoms with Gasteiger partial charge in [0.25, 0.3) is 0 Å². The van der Waals surface area contributed by atoms with Crippen molar-refractivity contribution < 1.29 is 9.53 Å². The third-order valence-corrected chi connectivity index (χ3v) is 3.45. The number of nitrogens with zero attached hydrogens (tertiary/aromatic N) is 1. The predicted molar refractivity (Wildman–Crippen MR) is 74.9 cm³/mol. The highest BCUT2D eigenvalue weighted by Gasteiger charge is 2.27. The lowest BCUT2D eigenvalue weighted by atomic mass is 10.1. The minimum Gasteiger partial charge on any atom is -0.383 e. The van der Waals surface area contributed by atoms with Crippen LogP contribution < -0.4 is 5.32 Å². The Balaban J connectivity index is 2.06. The van der Waals surface area contributed by atoms with Crippen LogP contribution in [-0.2, 0) is 9.53 Å². The van der Waals surface area contributed by atoms with Crippen LogP contribution in [0.5, 0.6) is 0 Å². The van der Waals surface area contributed by atoms with Crippen LogP contribution in [0.15, 0.2) is 30.3 Å². The van der Waals surface area contributed by atoms with Crippen LogP contribution in [0.1, 0.15) is 24.4 Å². The summed E-state index contributed by atoms with van der Waals surface area (Å²) in [4.78, 5) is 14.5. The summed E-state index contributed by atoms with van der Waals surface area (Å²) in [5, 5.41) is 3.30. The smallest absolute Gasteiger partial charge is 0.244 e. The molecule has 104 valence electrons. The molecule has 4 nitrogen and oxygen atoms in total. The van der Waals surface area contributed by atoms with Crippen molar-refractivity contribution in [2.75, 3.05) is 33.4 Å². The van der Waals surface area contributed by atoms with E-state index in [9.17, 15) is 4.79 Å². The average Bonchev–Trinajstić information content (AvgIpc) is 2.98. The summed E-state index contributed by atoms with van der Waals surface area (Å²) in [5.74, 6) is 0.180. The lowest BCUT2D eigenvalue weighted by Gasteiger charge is -2.24. The maximum Gasteiger partial charge on any atom is 0.244 e. The second-order valence-corrected chi connectivity index (χ2v) is 4.82. The van der Waals surface area contributed by atoms with Crippen molar-refractivity contribution in [2.24, 2.45) is 0 Å². The summed E-state index contributed by atoms with van der Waals surface area (Å²) in [5.41, 5.74) is 1.02. The summed E-state index contributed by atoms with van der Waals surface area (Å²) in [6.07, 6.45) is 2.23. The van der Waals surface area contributed by atoms with Gasteiger partial charge in [-0.1, -0.05) is 30.3 Å². The molecule has 2 rings (SSSR count). The van der Waals surface area contributed by atoms with Gasteiger partial charge in [-0.05, 0) is 18.4 Å². The highest BCUT2D eigenvalue weighted by Crippen LogP contribution is 2.18. The monoisotopic (exact) mass is 262 g/mol. The maximum atomic E-state index is 12.6. The van der Waals surface area contributed by atoms with Gasteiger partial charge < -0.3 is 9.64 Å². The first-order chi connectivity index (χ1) is 9.33. The molecule has 4 heteroatoms. The Labute approximate surface area is 114 Å². The van der Waals surface area contributed by atoms with E-state index in [1.54, 1.807) is 7.11 Å². The summed E-state index contributed by atoms with van der Waals surface area (Å²) in [6, 6.07) is 9.65. The number of carbonyl (C=O) groups is 1. The van der Waals surface area contributed by atoms with E-state index in [4.69, 9.17) is 4.74 Å². The number of likely N-dealkylation sites (tertiary alicyclic amines) is 1. The molecular weight excluding hydrogens is 240 g/mol. The number of methoxy groups -OCH3 is 1. The zero-order valence-corrected chi connectivity index (χ0v) is 11.5. The van der Waals surface area contributed by atoms with Crippen LogP contribution in [0.2, 0.25) is 0 Å². The molecule has 1 aliphatic rings. The van der Waals surface area contributed by atoms with E-state index in [0.29, 0.717) is 13.2 Å². The Hall–Kier alpha value is -1.39. The maximum absolute atomic E-state index is 12.6. The molecule has 1 unspecified atom stereocenters. The molecule has 0 radical (unpaired) electrons. The largest absolute Gasteiger partial charge is 0.383 e. The van der Waals surface area contributed by atoms with Crippen molar-refractivity contribution in [1.82, 2.24) is 10.2 Å². The molecule has 1 N–H and O–H groups in total. The lowest BCUT2D eigenvalue weighted by Crippen LogP contribution is -2.40. The van der Waals surface area contributed by atoms with E-state index in [2.05, 4.69) is 5.32 Å². The summed E-state index contributed by atoms with van der Waals surface area (Å²) in [7, 11) is 1.67. The summed E-state index contributed by atoms with van der Waals surface area (Å²) >= 11 is 0. The first-order valence-electron chi connectivity index (χ1n) is 6.89. The van der Waals surface area contributed by atoms with Gasteiger partial charge in [0.15, 0.2) is 0 Å². The molecule has 1 saturated heterocycles. The molecule has 19 heavy (non-hydrogen) atoms. The van der Waals surface area contributed by atoms with Gasteiger partial charge in [-0.3, -0.25) is 10.1 Å². The molecule has 0 aliphatic carbocycles. The lowest BCUT2D eigenvalue weighted by molar-refractivity contribution is -0.132. The molecular formula is C15H22N2O2. The van der Waals surface area contributed by atoms with E-state index in [-0.39, 0.29) is 11.9 Å². The van der Waals surface area contributed by atoms with Crippen LogP contribution in [0.4, 0.5) is 0 Å². The highest BCUT2D eigenvalue weighted by molar-refractivity contribution is 5.83. The third kappa shape index (κ3) is 3.78. The zero-order chi connectivity index (χ0) is 13.5. The number of ether oxygens (including phenoxy) is 1. The molecule has 0 saturated carbocycles. The minimum absolute atomic E-state index is 0.180. The topological polar surface area (TPSA) is 41.6 Å². The van der Waals surface area contributed by atoms with Gasteiger partial charge in [0.1, 0.15) is 6.04 Å². The van der Waals surface area contributed by atoms with Crippen LogP contribution in [-0.4, -0.2) is 44.2 Å². The minimum atomic E-state index is -0.255. The van der Waals surface area contributed by atoms with Crippen molar-refractivity contribution in [3.05, 3.63) is 35.9 Å². The number of rotatable bonds is 6. The summed E-state index contributed by atoms with van der Waals surface area (Å²) in [6.45, 7) is 3.05. The van der Waals surface area contributed by atoms with Crippen molar-refractivity contribution in [2.45, 2.75) is 18.9 Å². The molecule has 0 bridgehead atoms. The number of carbonyl (C=O) groups excluding carboxylic acids is 1. The van der Waals surface area contributed by atoms with Gasteiger partial charge in [0, 0.05) is 26.7 Å². The first kappa shape index (κ1) is 14.0. The van der Waals surface area contributed by atoms with E-state index >= 15 is 0 Å². The van der Waals surface area contributed by atoms with Crippen molar-refractivity contribution in [3.8, 4) is 0 Å². The number of hydrogen-bond acceptors (Lipinski definition) is 3. The standard InChI is InChI=1S/C15H22N2O2/c1-19-12-9-16-14(13-7-3-2-4-8-13)15(18)17-10-5-6-11-17/h2-4,7-8,14,16H,5-6,9-12H2,1H3. The molecule has 1 heterocycles. The van der Waals surface area contributed by atoms with Gasteiger partial charge in [-0.15, -0.1) is 0 Å². The molecule has 0 aromatic heterocycles. The highest BCUT2D eigenvalue weighted by atomic mass is 16.5. The fourth-order valence-electron chi connectivity index (χ4n) is 2.42. The third-order valence-electron chi connectivity index (χ3n) is 3.45.